The van der Waals surface area contributed by atoms with Gasteiger partial charge in [-0.15, -0.1) is 0 Å². The highest BCUT2D eigenvalue weighted by Crippen LogP contribution is 2.37. The molecule has 0 aliphatic carbocycles. The van der Waals surface area contributed by atoms with E-state index in [1.807, 2.05) is 19.1 Å². The number of hydrogen-bond acceptors (Lipinski definition) is 5. The molecule has 3 N–H and O–H groups in total. The van der Waals surface area contributed by atoms with E-state index in [1.54, 1.807) is 24.3 Å². The first-order valence-corrected chi connectivity index (χ1v) is 9.71. The standard InChI is InChI=1S/C24H20FN3O4/c1-14-3-5-15(6-4-14)27-24(30)28-16-7-8-22(18(25)11-16)32-21-9-10-26-19-13-20(29)23(31-2)12-17(19)21/h3-13,29H,1-2H3,(H2,27,28,30). The molecule has 0 fully saturated rings. The number of urea groups is 1. The number of aryl methyl sites for hydroxylation is 1. The average Bonchev–Trinajstić information content (AvgIpc) is 2.77. The highest BCUT2D eigenvalue weighted by atomic mass is 19.1. The van der Waals surface area contributed by atoms with E-state index in [4.69, 9.17) is 9.47 Å². The maximum absolute atomic E-state index is 14.7. The topological polar surface area (TPSA) is 92.7 Å². The van der Waals surface area contributed by atoms with Crippen molar-refractivity contribution >= 4 is 28.3 Å². The maximum Gasteiger partial charge on any atom is 0.323 e. The zero-order valence-electron chi connectivity index (χ0n) is 17.3. The van der Waals surface area contributed by atoms with Crippen molar-refractivity contribution in [2.75, 3.05) is 17.7 Å². The van der Waals surface area contributed by atoms with Crippen LogP contribution in [0.15, 0.2) is 66.9 Å². The molecule has 0 atom stereocenters. The van der Waals surface area contributed by atoms with Crippen LogP contribution in [0.1, 0.15) is 5.56 Å². The van der Waals surface area contributed by atoms with Gasteiger partial charge in [0, 0.05) is 35.1 Å². The number of carbonyl (C=O) groups is 1. The Labute approximate surface area is 183 Å². The van der Waals surface area contributed by atoms with E-state index < -0.39 is 11.8 Å². The van der Waals surface area contributed by atoms with Gasteiger partial charge in [-0.25, -0.2) is 9.18 Å². The fourth-order valence-electron chi connectivity index (χ4n) is 3.10. The second-order valence-corrected chi connectivity index (χ2v) is 7.04. The van der Waals surface area contributed by atoms with Gasteiger partial charge in [0.25, 0.3) is 0 Å². The van der Waals surface area contributed by atoms with Crippen molar-refractivity contribution in [3.05, 3.63) is 78.2 Å². The van der Waals surface area contributed by atoms with Crippen molar-refractivity contribution in [2.45, 2.75) is 6.92 Å². The van der Waals surface area contributed by atoms with E-state index >= 15 is 0 Å². The normalized spacial score (nSPS) is 10.6. The number of halogens is 1. The Balaban J connectivity index is 1.51. The minimum absolute atomic E-state index is 0.0333. The van der Waals surface area contributed by atoms with Gasteiger partial charge >= 0.3 is 6.03 Å². The van der Waals surface area contributed by atoms with E-state index in [0.29, 0.717) is 22.3 Å². The molecule has 3 aromatic carbocycles. The van der Waals surface area contributed by atoms with Crippen molar-refractivity contribution in [2.24, 2.45) is 0 Å². The first kappa shape index (κ1) is 20.9. The molecule has 0 aliphatic heterocycles. The molecular weight excluding hydrogens is 413 g/mol. The summed E-state index contributed by atoms with van der Waals surface area (Å²) in [7, 11) is 1.43. The first-order chi connectivity index (χ1) is 15.4. The number of aromatic hydroxyl groups is 1. The number of benzene rings is 3. The van der Waals surface area contributed by atoms with E-state index in [9.17, 15) is 14.3 Å². The van der Waals surface area contributed by atoms with Gasteiger partial charge in [0.1, 0.15) is 5.75 Å². The Morgan fingerprint density at radius 3 is 2.38 bits per heavy atom. The molecule has 32 heavy (non-hydrogen) atoms. The number of rotatable bonds is 5. The number of amides is 2. The van der Waals surface area contributed by atoms with E-state index in [0.717, 1.165) is 5.56 Å². The lowest BCUT2D eigenvalue weighted by atomic mass is 10.2. The number of aromatic nitrogens is 1. The van der Waals surface area contributed by atoms with Gasteiger partial charge in [0.15, 0.2) is 23.1 Å². The van der Waals surface area contributed by atoms with Crippen LogP contribution < -0.4 is 20.1 Å². The van der Waals surface area contributed by atoms with Crippen LogP contribution >= 0.6 is 0 Å². The molecule has 7 nitrogen and oxygen atoms in total. The van der Waals surface area contributed by atoms with Crippen molar-refractivity contribution in [1.29, 1.82) is 0 Å². The van der Waals surface area contributed by atoms with Gasteiger partial charge in [0.05, 0.1) is 12.6 Å². The molecule has 0 unspecified atom stereocenters. The molecule has 1 heterocycles. The van der Waals surface area contributed by atoms with Gasteiger partial charge in [-0.1, -0.05) is 17.7 Å². The summed E-state index contributed by atoms with van der Waals surface area (Å²) in [6.07, 6.45) is 1.49. The van der Waals surface area contributed by atoms with Crippen molar-refractivity contribution < 1.29 is 23.8 Å². The first-order valence-electron chi connectivity index (χ1n) is 9.71. The fourth-order valence-corrected chi connectivity index (χ4v) is 3.10. The number of anilines is 2. The third-order valence-electron chi connectivity index (χ3n) is 4.72. The Kier molecular flexibility index (Phi) is 5.76. The predicted molar refractivity (Wildman–Crippen MR) is 120 cm³/mol. The molecule has 0 bridgehead atoms. The molecule has 0 saturated carbocycles. The summed E-state index contributed by atoms with van der Waals surface area (Å²) in [6, 6.07) is 15.5. The summed E-state index contributed by atoms with van der Waals surface area (Å²) in [5.41, 5.74) is 2.43. The van der Waals surface area contributed by atoms with Crippen molar-refractivity contribution in [3.8, 4) is 23.0 Å². The summed E-state index contributed by atoms with van der Waals surface area (Å²) in [5, 5.41) is 15.8. The Morgan fingerprint density at radius 1 is 0.938 bits per heavy atom. The van der Waals surface area contributed by atoms with Crippen molar-refractivity contribution in [3.63, 3.8) is 0 Å². The van der Waals surface area contributed by atoms with Crippen LogP contribution in [0.5, 0.6) is 23.0 Å². The third-order valence-corrected chi connectivity index (χ3v) is 4.72. The summed E-state index contributed by atoms with van der Waals surface area (Å²) < 4.78 is 25.6. The number of nitrogens with one attached hydrogen (secondary N) is 2. The Bertz CT molecular complexity index is 1290. The lowest BCUT2D eigenvalue weighted by Crippen LogP contribution is -2.19. The summed E-state index contributed by atoms with van der Waals surface area (Å²) in [4.78, 5) is 16.4. The summed E-state index contributed by atoms with van der Waals surface area (Å²) in [5.74, 6) is -0.168. The van der Waals surface area contributed by atoms with Crippen molar-refractivity contribution in [1.82, 2.24) is 4.98 Å². The van der Waals surface area contributed by atoms with Crippen LogP contribution in [0, 0.1) is 12.7 Å². The van der Waals surface area contributed by atoms with E-state index in [-0.39, 0.29) is 22.9 Å². The lowest BCUT2D eigenvalue weighted by Gasteiger charge is -2.12. The number of nitrogens with zero attached hydrogens (tertiary/aromatic N) is 1. The zero-order valence-corrected chi connectivity index (χ0v) is 17.3. The second kappa shape index (κ2) is 8.81. The molecule has 2 amide bonds. The highest BCUT2D eigenvalue weighted by Gasteiger charge is 2.13. The van der Waals surface area contributed by atoms with Crippen LogP contribution in [-0.2, 0) is 0 Å². The average molecular weight is 433 g/mol. The molecule has 162 valence electrons. The predicted octanol–water partition coefficient (Wildman–Crippen LogP) is 5.83. The van der Waals surface area contributed by atoms with Gasteiger partial charge in [-0.3, -0.25) is 4.98 Å². The Hall–Kier alpha value is -4.33. The van der Waals surface area contributed by atoms with Gasteiger partial charge in [0.2, 0.25) is 0 Å². The number of ether oxygens (including phenoxy) is 2. The summed E-state index contributed by atoms with van der Waals surface area (Å²) >= 11 is 0. The number of methoxy groups -OCH3 is 1. The molecule has 0 spiro atoms. The molecular formula is C24H20FN3O4. The Morgan fingerprint density at radius 2 is 1.66 bits per heavy atom. The number of carbonyl (C=O) groups excluding carboxylic acids is 1. The smallest absolute Gasteiger partial charge is 0.323 e. The van der Waals surface area contributed by atoms with Crippen LogP contribution in [-0.4, -0.2) is 23.2 Å². The minimum atomic E-state index is -0.658. The largest absolute Gasteiger partial charge is 0.504 e. The van der Waals surface area contributed by atoms with Gasteiger partial charge in [-0.05, 0) is 43.3 Å². The maximum atomic E-state index is 14.7. The lowest BCUT2D eigenvalue weighted by molar-refractivity contribution is 0.262. The molecule has 1 aromatic heterocycles. The molecule has 0 radical (unpaired) electrons. The third kappa shape index (κ3) is 4.54. The monoisotopic (exact) mass is 433 g/mol. The van der Waals surface area contributed by atoms with Crippen LogP contribution in [0.2, 0.25) is 0 Å². The van der Waals surface area contributed by atoms with Crippen LogP contribution in [0.25, 0.3) is 10.9 Å². The number of phenols is 1. The van der Waals surface area contributed by atoms with Gasteiger partial charge < -0.3 is 25.2 Å². The number of phenolic OH excluding ortho intramolecular Hbond substituents is 1. The van der Waals surface area contributed by atoms with Crippen LogP contribution in [0.3, 0.4) is 0 Å². The number of hydrogen-bond donors (Lipinski definition) is 3. The molecule has 4 aromatic rings. The molecule has 0 aliphatic rings. The molecule has 4 rings (SSSR count). The van der Waals surface area contributed by atoms with Crippen LogP contribution in [0.4, 0.5) is 20.6 Å². The number of fused-ring (bicyclic) bond motifs is 1. The number of pyridine rings is 1. The van der Waals surface area contributed by atoms with Gasteiger partial charge in [-0.2, -0.15) is 0 Å². The fraction of sp³-hybridized carbons (Fsp3) is 0.0833. The summed E-state index contributed by atoms with van der Waals surface area (Å²) in [6.45, 7) is 1.95. The second-order valence-electron chi connectivity index (χ2n) is 7.04. The zero-order chi connectivity index (χ0) is 22.7. The molecule has 8 heteroatoms. The molecule has 0 saturated heterocycles. The quantitative estimate of drug-likeness (QED) is 0.368. The minimum Gasteiger partial charge on any atom is -0.504 e. The SMILES string of the molecule is COc1cc2c(Oc3ccc(NC(=O)Nc4ccc(C)cc4)cc3F)ccnc2cc1O. The van der Waals surface area contributed by atoms with E-state index in [1.165, 1.54) is 37.6 Å². The van der Waals surface area contributed by atoms with E-state index in [2.05, 4.69) is 15.6 Å². The highest BCUT2D eigenvalue weighted by molar-refractivity contribution is 5.99.